The van der Waals surface area contributed by atoms with Gasteiger partial charge in [0.05, 0.1) is 11.9 Å². The molecule has 0 aromatic carbocycles. The Morgan fingerprint density at radius 2 is 1.12 bits per heavy atom. The fourth-order valence-corrected chi connectivity index (χ4v) is 0. The summed E-state index contributed by atoms with van der Waals surface area (Å²) in [5.41, 5.74) is 0. The number of carboxylic acids is 2. The van der Waals surface area contributed by atoms with Crippen LogP contribution < -0.4 is 22.6 Å². The number of aliphatic carboxylic acids is 2. The van der Waals surface area contributed by atoms with E-state index in [1.807, 2.05) is 0 Å². The van der Waals surface area contributed by atoms with Gasteiger partial charge in [0.2, 0.25) is 0 Å². The standard InChI is InChI=1S/C2H2O4.ClH.Ru/c3-1(4)2(5)6;;/h(H,3,4)(H,5,6);1H;/q;;+3/p-3. The second-order valence-corrected chi connectivity index (χ2v) is 0.575. The number of hydrogen-bond donors (Lipinski definition) is 0. The van der Waals surface area contributed by atoms with Gasteiger partial charge in [-0.05, 0) is 0 Å². The molecule has 0 aliphatic carbocycles. The summed E-state index contributed by atoms with van der Waals surface area (Å²) in [6.45, 7) is 0. The van der Waals surface area contributed by atoms with Crippen molar-refractivity contribution >= 4 is 11.9 Å². The van der Waals surface area contributed by atoms with Crippen LogP contribution in [-0.2, 0) is 29.1 Å². The molecule has 0 saturated carbocycles. The van der Waals surface area contributed by atoms with Gasteiger partial charge in [-0.2, -0.15) is 0 Å². The molecule has 0 aromatic heterocycles. The van der Waals surface area contributed by atoms with E-state index in [-0.39, 0.29) is 31.9 Å². The molecule has 0 aliphatic heterocycles. The topological polar surface area (TPSA) is 80.3 Å². The Balaban J connectivity index is -0.000000125. The predicted octanol–water partition coefficient (Wildman–Crippen LogP) is -6.51. The predicted molar refractivity (Wildman–Crippen MR) is 10.0 cm³/mol. The van der Waals surface area contributed by atoms with Gasteiger partial charge in [-0.3, -0.25) is 0 Å². The summed E-state index contributed by atoms with van der Waals surface area (Å²) in [5.74, 6) is -4.37. The van der Waals surface area contributed by atoms with Gasteiger partial charge in [-0.15, -0.1) is 0 Å². The third-order valence-corrected chi connectivity index (χ3v) is 0.167. The van der Waals surface area contributed by atoms with E-state index in [0.29, 0.717) is 0 Å². The fourth-order valence-electron chi connectivity index (χ4n) is 0. The van der Waals surface area contributed by atoms with Crippen molar-refractivity contribution in [2.24, 2.45) is 0 Å². The average Bonchev–Trinajstić information content (AvgIpc) is 1.36. The van der Waals surface area contributed by atoms with E-state index in [1.54, 1.807) is 0 Å². The molecular weight excluding hydrogens is 225 g/mol. The quantitative estimate of drug-likeness (QED) is 0.303. The van der Waals surface area contributed by atoms with E-state index in [2.05, 4.69) is 0 Å². The summed E-state index contributed by atoms with van der Waals surface area (Å²) < 4.78 is 0. The molecule has 4 nitrogen and oxygen atoms in total. The molecule has 8 heavy (non-hydrogen) atoms. The number of carbonyl (C=O) groups is 2. The van der Waals surface area contributed by atoms with Gasteiger partial charge in [0.15, 0.2) is 0 Å². The van der Waals surface area contributed by atoms with Crippen LogP contribution in [0.2, 0.25) is 0 Å². The fraction of sp³-hybridized carbons (Fsp3) is 0. The molecule has 0 aromatic rings. The maximum Gasteiger partial charge on any atom is 3.00 e. The molecule has 0 bridgehead atoms. The minimum atomic E-state index is -2.19. The van der Waals surface area contributed by atoms with Gasteiger partial charge in [0.25, 0.3) is 0 Å². The first-order chi connectivity index (χ1) is 2.64. The molecule has 6 heteroatoms. The van der Waals surface area contributed by atoms with E-state index < -0.39 is 11.9 Å². The zero-order valence-electron chi connectivity index (χ0n) is 3.36. The minimum absolute atomic E-state index is 0. The van der Waals surface area contributed by atoms with Crippen molar-refractivity contribution in [3.8, 4) is 0 Å². The van der Waals surface area contributed by atoms with Crippen LogP contribution in [0.15, 0.2) is 0 Å². The summed E-state index contributed by atoms with van der Waals surface area (Å²) in [7, 11) is 0. The first-order valence-corrected chi connectivity index (χ1v) is 1.07. The monoisotopic (exact) mass is 225 g/mol. The molecular formula is C2ClO4Ru. The summed E-state index contributed by atoms with van der Waals surface area (Å²) in [5, 5.41) is 17.9. The van der Waals surface area contributed by atoms with Crippen LogP contribution >= 0.6 is 0 Å². The Morgan fingerprint density at radius 3 is 1.12 bits per heavy atom. The Hall–Kier alpha value is -0.147. The van der Waals surface area contributed by atoms with Gasteiger partial charge < -0.3 is 32.2 Å². The number of hydrogen-bond acceptors (Lipinski definition) is 4. The number of rotatable bonds is 0. The van der Waals surface area contributed by atoms with Crippen molar-refractivity contribution in [2.45, 2.75) is 0 Å². The van der Waals surface area contributed by atoms with Crippen molar-refractivity contribution in [2.75, 3.05) is 0 Å². The molecule has 0 fully saturated rings. The third kappa shape index (κ3) is 9.29. The Morgan fingerprint density at radius 1 is 1.00 bits per heavy atom. The number of carbonyl (C=O) groups excluding carboxylic acids is 2. The number of halogens is 1. The first kappa shape index (κ1) is 15.7. The van der Waals surface area contributed by atoms with Crippen molar-refractivity contribution in [1.82, 2.24) is 0 Å². The molecule has 0 atom stereocenters. The SMILES string of the molecule is O=C([O-])C(=O)[O-].[Cl-].[Ru+3]. The molecule has 0 N–H and O–H groups in total. The van der Waals surface area contributed by atoms with E-state index in [4.69, 9.17) is 19.8 Å². The van der Waals surface area contributed by atoms with Gasteiger partial charge in [0, 0.05) is 0 Å². The zero-order valence-corrected chi connectivity index (χ0v) is 5.86. The molecule has 47 valence electrons. The number of carboxylic acid groups (broad SMARTS) is 2. The second kappa shape index (κ2) is 6.85. The maximum atomic E-state index is 8.93. The summed E-state index contributed by atoms with van der Waals surface area (Å²) in [6, 6.07) is 0. The normalized spacial score (nSPS) is 5.50. The van der Waals surface area contributed by atoms with Crippen molar-refractivity contribution in [1.29, 1.82) is 0 Å². The van der Waals surface area contributed by atoms with Crippen LogP contribution in [0.5, 0.6) is 0 Å². The smallest absolute Gasteiger partial charge is 1.00 e. The Labute approximate surface area is 64.1 Å². The zero-order chi connectivity index (χ0) is 5.15. The van der Waals surface area contributed by atoms with Gasteiger partial charge in [0.1, 0.15) is 0 Å². The summed E-state index contributed by atoms with van der Waals surface area (Å²) in [4.78, 5) is 17.9. The largest absolute Gasteiger partial charge is 3.00 e. The molecule has 0 spiro atoms. The van der Waals surface area contributed by atoms with E-state index >= 15 is 0 Å². The van der Waals surface area contributed by atoms with Gasteiger partial charge >= 0.3 is 19.5 Å². The van der Waals surface area contributed by atoms with Gasteiger partial charge in [-0.1, -0.05) is 0 Å². The van der Waals surface area contributed by atoms with Crippen LogP contribution in [0, 0.1) is 0 Å². The molecule has 0 heterocycles. The maximum absolute atomic E-state index is 8.93. The minimum Gasteiger partial charge on any atom is -1.00 e. The van der Waals surface area contributed by atoms with Gasteiger partial charge in [-0.25, -0.2) is 0 Å². The van der Waals surface area contributed by atoms with Crippen molar-refractivity contribution < 1.29 is 51.7 Å². The second-order valence-electron chi connectivity index (χ2n) is 0.575. The molecule has 0 rings (SSSR count). The average molecular weight is 225 g/mol. The van der Waals surface area contributed by atoms with Crippen molar-refractivity contribution in [3.63, 3.8) is 0 Å². The molecule has 0 aliphatic rings. The van der Waals surface area contributed by atoms with Crippen LogP contribution in [0.1, 0.15) is 0 Å². The van der Waals surface area contributed by atoms with Crippen LogP contribution in [0.4, 0.5) is 0 Å². The van der Waals surface area contributed by atoms with E-state index in [9.17, 15) is 0 Å². The summed E-state index contributed by atoms with van der Waals surface area (Å²) >= 11 is 0. The summed E-state index contributed by atoms with van der Waals surface area (Å²) in [6.07, 6.45) is 0. The molecule has 0 amide bonds. The van der Waals surface area contributed by atoms with E-state index in [1.165, 1.54) is 0 Å². The molecule has 0 saturated heterocycles. The first-order valence-electron chi connectivity index (χ1n) is 1.07. The third-order valence-electron chi connectivity index (χ3n) is 0.167. The van der Waals surface area contributed by atoms with Crippen molar-refractivity contribution in [3.05, 3.63) is 0 Å². The van der Waals surface area contributed by atoms with Crippen LogP contribution in [-0.4, -0.2) is 11.9 Å². The van der Waals surface area contributed by atoms with Crippen LogP contribution in [0.25, 0.3) is 0 Å². The Bertz CT molecular complexity index is 80.0. The Kier molecular flexibility index (Phi) is 13.4. The van der Waals surface area contributed by atoms with E-state index in [0.717, 1.165) is 0 Å². The molecule has 1 radical (unpaired) electrons. The molecule has 0 unspecified atom stereocenters. The van der Waals surface area contributed by atoms with Crippen LogP contribution in [0.3, 0.4) is 0 Å².